The van der Waals surface area contributed by atoms with Crippen molar-refractivity contribution >= 4 is 10.0 Å². The Bertz CT molecular complexity index is 670. The number of nitrogens with one attached hydrogen (secondary N) is 2. The molecular weight excluding hydrogens is 292 g/mol. The molecule has 1 unspecified atom stereocenters. The van der Waals surface area contributed by atoms with Crippen molar-refractivity contribution in [2.45, 2.75) is 24.3 Å². The van der Waals surface area contributed by atoms with Crippen molar-refractivity contribution in [1.82, 2.24) is 20.2 Å². The van der Waals surface area contributed by atoms with Crippen LogP contribution in [0.4, 0.5) is 0 Å². The van der Waals surface area contributed by atoms with Crippen LogP contribution in [-0.4, -0.2) is 32.2 Å². The second kappa shape index (κ2) is 6.79. The van der Waals surface area contributed by atoms with Gasteiger partial charge in [0, 0.05) is 19.0 Å². The molecule has 2 rings (SSSR count). The van der Waals surface area contributed by atoms with Crippen molar-refractivity contribution in [2.75, 3.05) is 13.6 Å². The quantitative estimate of drug-likeness (QED) is 0.787. The molecule has 0 bridgehead atoms. The number of hydrogen-bond acceptors (Lipinski definition) is 6. The van der Waals surface area contributed by atoms with Crippen LogP contribution in [0.3, 0.4) is 0 Å². The molecule has 114 valence electrons. The summed E-state index contributed by atoms with van der Waals surface area (Å²) in [4.78, 5) is 4.08. The van der Waals surface area contributed by atoms with E-state index < -0.39 is 10.0 Å². The third kappa shape index (κ3) is 4.10. The molecule has 0 saturated heterocycles. The third-order valence-electron chi connectivity index (χ3n) is 3.15. The van der Waals surface area contributed by atoms with Gasteiger partial charge in [0.25, 0.3) is 0 Å². The number of benzene rings is 1. The highest BCUT2D eigenvalue weighted by Crippen LogP contribution is 2.17. The molecule has 1 aromatic carbocycles. The van der Waals surface area contributed by atoms with E-state index in [9.17, 15) is 8.42 Å². The second-order valence-electron chi connectivity index (χ2n) is 4.58. The van der Waals surface area contributed by atoms with Crippen molar-refractivity contribution < 1.29 is 12.9 Å². The molecule has 7 nitrogen and oxygen atoms in total. The summed E-state index contributed by atoms with van der Waals surface area (Å²) in [6.07, 6.45) is 1.59. The lowest BCUT2D eigenvalue weighted by Gasteiger charge is -2.12. The maximum atomic E-state index is 12.2. The van der Waals surface area contributed by atoms with Crippen molar-refractivity contribution in [3.05, 3.63) is 42.0 Å². The fourth-order valence-electron chi connectivity index (χ4n) is 1.80. The second-order valence-corrected chi connectivity index (χ2v) is 6.35. The van der Waals surface area contributed by atoms with E-state index in [1.165, 1.54) is 6.39 Å². The first-order chi connectivity index (χ1) is 10.0. The summed E-state index contributed by atoms with van der Waals surface area (Å²) < 4.78 is 31.6. The van der Waals surface area contributed by atoms with Gasteiger partial charge in [-0.15, -0.1) is 0 Å². The van der Waals surface area contributed by atoms with Crippen LogP contribution < -0.4 is 10.0 Å². The van der Waals surface area contributed by atoms with Gasteiger partial charge < -0.3 is 9.84 Å². The normalized spacial score (nSPS) is 13.2. The van der Waals surface area contributed by atoms with E-state index in [2.05, 4.69) is 24.7 Å². The Morgan fingerprint density at radius 1 is 1.38 bits per heavy atom. The highest BCUT2D eigenvalue weighted by molar-refractivity contribution is 7.89. The minimum atomic E-state index is -3.54. The Morgan fingerprint density at radius 3 is 2.86 bits per heavy atom. The first-order valence-electron chi connectivity index (χ1n) is 6.55. The summed E-state index contributed by atoms with van der Waals surface area (Å²) in [5, 5.41) is 6.71. The summed E-state index contributed by atoms with van der Waals surface area (Å²) >= 11 is 0. The zero-order valence-corrected chi connectivity index (χ0v) is 12.7. The van der Waals surface area contributed by atoms with Gasteiger partial charge >= 0.3 is 0 Å². The number of rotatable bonds is 7. The fraction of sp³-hybridized carbons (Fsp3) is 0.385. The van der Waals surface area contributed by atoms with E-state index in [-0.39, 0.29) is 17.5 Å². The molecule has 1 aromatic heterocycles. The lowest BCUT2D eigenvalue weighted by Crippen LogP contribution is -2.26. The van der Waals surface area contributed by atoms with Crippen LogP contribution in [0.5, 0.6) is 0 Å². The number of hydrogen-bond donors (Lipinski definition) is 2. The van der Waals surface area contributed by atoms with Crippen LogP contribution in [0, 0.1) is 0 Å². The van der Waals surface area contributed by atoms with Crippen LogP contribution >= 0.6 is 0 Å². The maximum Gasteiger partial charge on any atom is 0.240 e. The van der Waals surface area contributed by atoms with E-state index in [4.69, 9.17) is 0 Å². The first-order valence-corrected chi connectivity index (χ1v) is 8.03. The number of aromatic nitrogens is 2. The van der Waals surface area contributed by atoms with E-state index in [0.29, 0.717) is 12.2 Å². The lowest BCUT2D eigenvalue weighted by molar-refractivity contribution is 0.410. The molecule has 0 aliphatic rings. The fourth-order valence-corrected chi connectivity index (χ4v) is 2.89. The molecule has 0 spiro atoms. The molecule has 0 aliphatic heterocycles. The Morgan fingerprint density at radius 2 is 2.19 bits per heavy atom. The smallest absolute Gasteiger partial charge is 0.240 e. The van der Waals surface area contributed by atoms with Crippen LogP contribution in [0.1, 0.15) is 24.4 Å². The van der Waals surface area contributed by atoms with Crippen LogP contribution in [0.25, 0.3) is 0 Å². The zero-order valence-electron chi connectivity index (χ0n) is 11.9. The summed E-state index contributed by atoms with van der Waals surface area (Å²) in [5.41, 5.74) is 0.915. The molecule has 21 heavy (non-hydrogen) atoms. The van der Waals surface area contributed by atoms with E-state index in [0.717, 1.165) is 5.56 Å². The van der Waals surface area contributed by atoms with Crippen molar-refractivity contribution in [2.24, 2.45) is 0 Å². The monoisotopic (exact) mass is 310 g/mol. The van der Waals surface area contributed by atoms with Gasteiger partial charge in [-0.3, -0.25) is 0 Å². The first kappa shape index (κ1) is 15.6. The average molecular weight is 310 g/mol. The molecule has 0 amide bonds. The molecule has 0 radical (unpaired) electrons. The maximum absolute atomic E-state index is 12.2. The van der Waals surface area contributed by atoms with Crippen LogP contribution in [0.2, 0.25) is 0 Å². The zero-order chi connectivity index (χ0) is 15.3. The van der Waals surface area contributed by atoms with Gasteiger partial charge in [0.05, 0.1) is 4.90 Å². The molecule has 0 saturated carbocycles. The minimum Gasteiger partial charge on any atom is -0.343 e. The predicted octanol–water partition coefficient (Wildman–Crippen LogP) is 0.871. The summed E-state index contributed by atoms with van der Waals surface area (Å²) in [7, 11) is -1.71. The molecule has 0 fully saturated rings. The highest BCUT2D eigenvalue weighted by Gasteiger charge is 2.15. The molecule has 1 heterocycles. The van der Waals surface area contributed by atoms with Gasteiger partial charge in [0.15, 0.2) is 5.82 Å². The lowest BCUT2D eigenvalue weighted by atomic mass is 10.1. The molecule has 2 aromatic rings. The van der Waals surface area contributed by atoms with Gasteiger partial charge in [0.1, 0.15) is 0 Å². The van der Waals surface area contributed by atoms with Crippen molar-refractivity contribution in [3.63, 3.8) is 0 Å². The van der Waals surface area contributed by atoms with Crippen LogP contribution in [0.15, 0.2) is 40.1 Å². The van der Waals surface area contributed by atoms with Crippen LogP contribution in [-0.2, 0) is 16.4 Å². The third-order valence-corrected chi connectivity index (χ3v) is 4.61. The molecular formula is C13H18N4O3S. The SMILES string of the molecule is CNC(C)c1cccc(S(=O)(=O)NCCc2ncon2)c1. The van der Waals surface area contributed by atoms with Gasteiger partial charge in [-0.05, 0) is 31.7 Å². The molecule has 1 atom stereocenters. The van der Waals surface area contributed by atoms with Gasteiger partial charge in [-0.2, -0.15) is 4.98 Å². The Labute approximate surface area is 123 Å². The summed E-state index contributed by atoms with van der Waals surface area (Å²) in [6.45, 7) is 2.18. The standard InChI is InChI=1S/C13H18N4O3S/c1-10(14-2)11-4-3-5-12(8-11)21(18,19)16-7-6-13-15-9-20-17-13/h3-5,8-10,14,16H,6-7H2,1-2H3. The minimum absolute atomic E-state index is 0.0829. The Kier molecular flexibility index (Phi) is 5.05. The van der Waals surface area contributed by atoms with E-state index >= 15 is 0 Å². The molecule has 0 aliphatic carbocycles. The van der Waals surface area contributed by atoms with Gasteiger partial charge in [0.2, 0.25) is 16.4 Å². The number of sulfonamides is 1. The van der Waals surface area contributed by atoms with E-state index in [1.54, 1.807) is 18.2 Å². The van der Waals surface area contributed by atoms with Crippen molar-refractivity contribution in [3.8, 4) is 0 Å². The molecule has 2 N–H and O–H groups in total. The van der Waals surface area contributed by atoms with Gasteiger partial charge in [-0.25, -0.2) is 13.1 Å². The summed E-state index contributed by atoms with van der Waals surface area (Å²) in [5.74, 6) is 0.468. The largest absolute Gasteiger partial charge is 0.343 e. The predicted molar refractivity (Wildman–Crippen MR) is 77.1 cm³/mol. The summed E-state index contributed by atoms with van der Waals surface area (Å²) in [6, 6.07) is 6.94. The highest BCUT2D eigenvalue weighted by atomic mass is 32.2. The van der Waals surface area contributed by atoms with Crippen molar-refractivity contribution in [1.29, 1.82) is 0 Å². The average Bonchev–Trinajstić information content (AvgIpc) is 2.99. The number of nitrogens with zero attached hydrogens (tertiary/aromatic N) is 2. The Hall–Kier alpha value is -1.77. The molecule has 8 heteroatoms. The van der Waals surface area contributed by atoms with E-state index in [1.807, 2.05) is 20.0 Å². The van der Waals surface area contributed by atoms with Gasteiger partial charge in [-0.1, -0.05) is 17.3 Å². The topological polar surface area (TPSA) is 97.1 Å². The Balaban J connectivity index is 2.05.